The molecule has 0 aliphatic heterocycles. The Morgan fingerprint density at radius 1 is 0.885 bits per heavy atom. The molecule has 0 saturated heterocycles. The van der Waals surface area contributed by atoms with Crippen LogP contribution in [0.25, 0.3) is 28.7 Å². The van der Waals surface area contributed by atoms with Crippen molar-refractivity contribution in [3.05, 3.63) is 100 Å². The first kappa shape index (κ1) is 16.0. The number of hydrogen-bond acceptors (Lipinski definition) is 3. The lowest BCUT2D eigenvalue weighted by Gasteiger charge is -2.13. The summed E-state index contributed by atoms with van der Waals surface area (Å²) < 4.78 is 1.68. The van der Waals surface area contributed by atoms with Crippen LogP contribution in [0.4, 0.5) is 0 Å². The normalized spacial score (nSPS) is 11.3. The molecule has 4 rings (SSSR count). The quantitative estimate of drug-likeness (QED) is 0.560. The average Bonchev–Trinajstić information content (AvgIpc) is 2.68. The predicted octanol–water partition coefficient (Wildman–Crippen LogP) is 4.26. The van der Waals surface area contributed by atoms with Gasteiger partial charge in [-0.15, -0.1) is 0 Å². The van der Waals surface area contributed by atoms with Crippen molar-refractivity contribution in [3.63, 3.8) is 0 Å². The highest BCUT2D eigenvalue weighted by Crippen LogP contribution is 2.17. The molecule has 0 atom stereocenters. The maximum Gasteiger partial charge on any atom is 0.266 e. The summed E-state index contributed by atoms with van der Waals surface area (Å²) in [6.07, 6.45) is 7.28. The van der Waals surface area contributed by atoms with E-state index < -0.39 is 0 Å². The van der Waals surface area contributed by atoms with Crippen molar-refractivity contribution < 1.29 is 0 Å². The fourth-order valence-corrected chi connectivity index (χ4v) is 2.95. The maximum absolute atomic E-state index is 13.2. The van der Waals surface area contributed by atoms with Gasteiger partial charge in [0.15, 0.2) is 0 Å². The van der Waals surface area contributed by atoms with Crippen molar-refractivity contribution in [2.75, 3.05) is 0 Å². The number of fused-ring (bicyclic) bond motifs is 1. The number of para-hydroxylation sites is 2. The molecule has 0 unspecified atom stereocenters. The van der Waals surface area contributed by atoms with Gasteiger partial charge in [-0.3, -0.25) is 14.3 Å². The second-order valence-electron chi connectivity index (χ2n) is 6.03. The molecule has 0 amide bonds. The first-order valence-electron chi connectivity index (χ1n) is 8.40. The van der Waals surface area contributed by atoms with E-state index in [4.69, 9.17) is 4.98 Å². The number of rotatable bonds is 3. The Morgan fingerprint density at radius 3 is 2.42 bits per heavy atom. The monoisotopic (exact) mass is 339 g/mol. The Balaban J connectivity index is 1.99. The predicted molar refractivity (Wildman–Crippen MR) is 105 cm³/mol. The molecule has 0 N–H and O–H groups in total. The third-order valence-corrected chi connectivity index (χ3v) is 4.29. The van der Waals surface area contributed by atoms with Gasteiger partial charge >= 0.3 is 0 Å². The molecular weight excluding hydrogens is 322 g/mol. The zero-order valence-corrected chi connectivity index (χ0v) is 14.3. The molecular formula is C22H17N3O. The minimum atomic E-state index is -0.0701. The number of aromatic nitrogens is 3. The summed E-state index contributed by atoms with van der Waals surface area (Å²) in [6, 6.07) is 19.1. The molecule has 0 spiro atoms. The third kappa shape index (κ3) is 2.93. The van der Waals surface area contributed by atoms with E-state index in [1.807, 2.05) is 79.7 Å². The van der Waals surface area contributed by atoms with Crippen molar-refractivity contribution in [1.82, 2.24) is 14.5 Å². The number of pyridine rings is 1. The van der Waals surface area contributed by atoms with Crippen molar-refractivity contribution >= 4 is 23.1 Å². The molecule has 4 nitrogen and oxygen atoms in total. The number of benzene rings is 2. The summed E-state index contributed by atoms with van der Waals surface area (Å²) in [6.45, 7) is 1.99. The van der Waals surface area contributed by atoms with Gasteiger partial charge < -0.3 is 0 Å². The fourth-order valence-electron chi connectivity index (χ4n) is 2.95. The van der Waals surface area contributed by atoms with E-state index in [1.54, 1.807) is 17.0 Å². The first-order valence-corrected chi connectivity index (χ1v) is 8.40. The topological polar surface area (TPSA) is 47.8 Å². The lowest BCUT2D eigenvalue weighted by atomic mass is 10.1. The molecule has 0 aliphatic rings. The van der Waals surface area contributed by atoms with E-state index in [9.17, 15) is 4.79 Å². The van der Waals surface area contributed by atoms with Crippen LogP contribution in [0.3, 0.4) is 0 Å². The van der Waals surface area contributed by atoms with E-state index in [-0.39, 0.29) is 5.56 Å². The van der Waals surface area contributed by atoms with Crippen LogP contribution in [0.15, 0.2) is 77.9 Å². The summed E-state index contributed by atoms with van der Waals surface area (Å²) in [5.74, 6) is 0.597. The molecule has 4 aromatic rings. The molecule has 0 aliphatic carbocycles. The highest BCUT2D eigenvalue weighted by atomic mass is 16.1. The largest absolute Gasteiger partial charge is 0.268 e. The van der Waals surface area contributed by atoms with Gasteiger partial charge in [0.25, 0.3) is 5.56 Å². The summed E-state index contributed by atoms with van der Waals surface area (Å²) in [5.41, 5.74) is 3.48. The second-order valence-corrected chi connectivity index (χ2v) is 6.03. The summed E-state index contributed by atoms with van der Waals surface area (Å²) >= 11 is 0. The standard InChI is InChI=1S/C22H17N3O/c1-16-6-2-5-9-20(16)25-21(11-10-17-12-14-23-15-13-17)24-19-8-4-3-7-18(19)22(25)26/h2-15H,1H3/b11-10+. The summed E-state index contributed by atoms with van der Waals surface area (Å²) in [4.78, 5) is 21.9. The Morgan fingerprint density at radius 2 is 1.62 bits per heavy atom. The third-order valence-electron chi connectivity index (χ3n) is 4.29. The van der Waals surface area contributed by atoms with Crippen LogP contribution in [0.2, 0.25) is 0 Å². The van der Waals surface area contributed by atoms with E-state index in [2.05, 4.69) is 4.98 Å². The molecule has 0 saturated carbocycles. The molecule has 4 heteroatoms. The van der Waals surface area contributed by atoms with Crippen LogP contribution in [-0.2, 0) is 0 Å². The van der Waals surface area contributed by atoms with Gasteiger partial charge in [0.05, 0.1) is 16.6 Å². The van der Waals surface area contributed by atoms with Crippen molar-refractivity contribution in [2.24, 2.45) is 0 Å². The Labute approximate surface area is 151 Å². The van der Waals surface area contributed by atoms with Crippen molar-refractivity contribution in [3.8, 4) is 5.69 Å². The number of nitrogens with zero attached hydrogens (tertiary/aromatic N) is 3. The zero-order valence-electron chi connectivity index (χ0n) is 14.3. The molecule has 0 radical (unpaired) electrons. The average molecular weight is 339 g/mol. The van der Waals surface area contributed by atoms with Crippen molar-refractivity contribution in [2.45, 2.75) is 6.92 Å². The highest BCUT2D eigenvalue weighted by molar-refractivity contribution is 5.80. The number of hydrogen-bond donors (Lipinski definition) is 0. The number of aryl methyl sites for hydroxylation is 1. The Kier molecular flexibility index (Phi) is 4.15. The smallest absolute Gasteiger partial charge is 0.266 e. The van der Waals surface area contributed by atoms with E-state index in [0.717, 1.165) is 16.8 Å². The minimum Gasteiger partial charge on any atom is -0.268 e. The van der Waals surface area contributed by atoms with Crippen LogP contribution in [-0.4, -0.2) is 14.5 Å². The van der Waals surface area contributed by atoms with Gasteiger partial charge in [0.1, 0.15) is 5.82 Å². The maximum atomic E-state index is 13.2. The van der Waals surface area contributed by atoms with Gasteiger partial charge in [-0.1, -0.05) is 36.4 Å². The SMILES string of the molecule is Cc1ccccc1-n1c(/C=C/c2ccncc2)nc2ccccc2c1=O. The fraction of sp³-hybridized carbons (Fsp3) is 0.0455. The zero-order chi connectivity index (χ0) is 17.9. The summed E-state index contributed by atoms with van der Waals surface area (Å²) in [5, 5.41) is 0.608. The molecule has 0 bridgehead atoms. The molecule has 2 aromatic carbocycles. The molecule has 0 fully saturated rings. The van der Waals surface area contributed by atoms with E-state index in [0.29, 0.717) is 16.7 Å². The van der Waals surface area contributed by atoms with Crippen LogP contribution in [0.1, 0.15) is 17.0 Å². The molecule has 2 heterocycles. The Bertz CT molecular complexity index is 1160. The highest BCUT2D eigenvalue weighted by Gasteiger charge is 2.12. The van der Waals surface area contributed by atoms with Gasteiger partial charge in [0, 0.05) is 12.4 Å². The van der Waals surface area contributed by atoms with E-state index in [1.165, 1.54) is 0 Å². The van der Waals surface area contributed by atoms with Crippen LogP contribution >= 0.6 is 0 Å². The van der Waals surface area contributed by atoms with Crippen LogP contribution < -0.4 is 5.56 Å². The van der Waals surface area contributed by atoms with Crippen LogP contribution in [0.5, 0.6) is 0 Å². The lowest BCUT2D eigenvalue weighted by molar-refractivity contribution is 0.934. The lowest BCUT2D eigenvalue weighted by Crippen LogP contribution is -2.23. The van der Waals surface area contributed by atoms with Gasteiger partial charge in [-0.2, -0.15) is 0 Å². The molecule has 26 heavy (non-hydrogen) atoms. The molecule has 2 aromatic heterocycles. The van der Waals surface area contributed by atoms with Gasteiger partial charge in [-0.25, -0.2) is 4.98 Å². The second kappa shape index (κ2) is 6.76. The Hall–Kier alpha value is -3.53. The molecule has 126 valence electrons. The van der Waals surface area contributed by atoms with E-state index >= 15 is 0 Å². The van der Waals surface area contributed by atoms with Gasteiger partial charge in [-0.05, 0) is 54.5 Å². The first-order chi connectivity index (χ1) is 12.7. The van der Waals surface area contributed by atoms with Gasteiger partial charge in [0.2, 0.25) is 0 Å². The van der Waals surface area contributed by atoms with Crippen LogP contribution in [0, 0.1) is 6.92 Å². The summed E-state index contributed by atoms with van der Waals surface area (Å²) in [7, 11) is 0. The minimum absolute atomic E-state index is 0.0701. The van der Waals surface area contributed by atoms with Crippen molar-refractivity contribution in [1.29, 1.82) is 0 Å².